The van der Waals surface area contributed by atoms with Crippen LogP contribution in [0.2, 0.25) is 0 Å². The highest BCUT2D eigenvalue weighted by molar-refractivity contribution is 7.98. The largest absolute Gasteiger partial charge is 0.325 e. The Morgan fingerprint density at radius 2 is 1.43 bits per heavy atom. The Morgan fingerprint density at radius 3 is 1.90 bits per heavy atom. The second-order valence-electron chi connectivity index (χ2n) is 6.79. The maximum absolute atomic E-state index is 13.6. The van der Waals surface area contributed by atoms with Crippen LogP contribution in [0.1, 0.15) is 18.1 Å². The van der Waals surface area contributed by atoms with Crippen molar-refractivity contribution >= 4 is 33.4 Å². The molecule has 0 aliphatic heterocycles. The van der Waals surface area contributed by atoms with E-state index >= 15 is 0 Å². The van der Waals surface area contributed by atoms with Crippen molar-refractivity contribution in [3.05, 3.63) is 90.0 Å². The van der Waals surface area contributed by atoms with Crippen molar-refractivity contribution in [3.63, 3.8) is 0 Å². The molecule has 30 heavy (non-hydrogen) atoms. The fraction of sp³-hybridized carbons (Fsp3) is 0.174. The lowest BCUT2D eigenvalue weighted by molar-refractivity contribution is -0.114. The summed E-state index contributed by atoms with van der Waals surface area (Å²) in [5.74, 6) is -0.245. The molecule has 1 amide bonds. The monoisotopic (exact) mass is 440 g/mol. The van der Waals surface area contributed by atoms with Gasteiger partial charge in [-0.3, -0.25) is 4.79 Å². The molecule has 0 aliphatic rings. The lowest BCUT2D eigenvalue weighted by Gasteiger charge is -2.23. The summed E-state index contributed by atoms with van der Waals surface area (Å²) in [6.45, 7) is 1.90. The third-order valence-electron chi connectivity index (χ3n) is 4.52. The van der Waals surface area contributed by atoms with Gasteiger partial charge in [0.2, 0.25) is 15.9 Å². The van der Waals surface area contributed by atoms with Crippen LogP contribution in [0.25, 0.3) is 0 Å². The summed E-state index contributed by atoms with van der Waals surface area (Å²) in [6.07, 6.45) is 1.88. The van der Waals surface area contributed by atoms with Crippen molar-refractivity contribution in [3.8, 4) is 0 Å². The molecule has 3 aromatic rings. The molecule has 1 N–H and O–H groups in total. The highest BCUT2D eigenvalue weighted by Gasteiger charge is 2.26. The molecule has 0 saturated heterocycles. The van der Waals surface area contributed by atoms with Crippen LogP contribution in [0.3, 0.4) is 0 Å². The Bertz CT molecular complexity index is 1060. The van der Waals surface area contributed by atoms with Crippen LogP contribution in [0.4, 0.5) is 5.69 Å². The number of thioether (sulfide) groups is 1. The van der Waals surface area contributed by atoms with Gasteiger partial charge in [-0.05, 0) is 35.6 Å². The smallest absolute Gasteiger partial charge is 0.243 e. The van der Waals surface area contributed by atoms with Crippen molar-refractivity contribution in [1.82, 2.24) is 4.31 Å². The number of benzene rings is 3. The summed E-state index contributed by atoms with van der Waals surface area (Å²) in [4.78, 5) is 12.5. The highest BCUT2D eigenvalue weighted by Crippen LogP contribution is 2.30. The number of carbonyl (C=O) groups excluding carboxylic acids is 1. The van der Waals surface area contributed by atoms with Crippen LogP contribution in [0, 0.1) is 0 Å². The Labute approximate surface area is 182 Å². The minimum absolute atomic E-state index is 0.149. The van der Waals surface area contributed by atoms with E-state index in [0.29, 0.717) is 5.69 Å². The van der Waals surface area contributed by atoms with Crippen LogP contribution in [0.15, 0.2) is 88.7 Å². The Morgan fingerprint density at radius 1 is 0.900 bits per heavy atom. The van der Waals surface area contributed by atoms with Gasteiger partial charge in [-0.1, -0.05) is 60.7 Å². The van der Waals surface area contributed by atoms with E-state index in [1.54, 1.807) is 12.1 Å². The first-order chi connectivity index (χ1) is 14.4. The van der Waals surface area contributed by atoms with Gasteiger partial charge >= 0.3 is 0 Å². The van der Waals surface area contributed by atoms with Crippen molar-refractivity contribution < 1.29 is 13.2 Å². The zero-order chi connectivity index (χ0) is 21.6. The van der Waals surface area contributed by atoms with E-state index in [1.807, 2.05) is 66.9 Å². The SMILES string of the molecule is CSc1ccc(S(=O)(=O)N(Cc2ccccc2)Cc2ccccc2)cc1NC(C)=O. The number of amides is 1. The third-order valence-corrected chi connectivity index (χ3v) is 7.11. The summed E-state index contributed by atoms with van der Waals surface area (Å²) < 4.78 is 28.6. The van der Waals surface area contributed by atoms with Crippen molar-refractivity contribution in [2.75, 3.05) is 11.6 Å². The first kappa shape index (κ1) is 22.1. The van der Waals surface area contributed by atoms with E-state index in [0.717, 1.165) is 16.0 Å². The first-order valence-corrected chi connectivity index (χ1v) is 12.1. The standard InChI is InChI=1S/C23H24N2O3S2/c1-18(26)24-22-15-21(13-14-23(22)29-2)30(27,28)25(16-19-9-5-3-6-10-19)17-20-11-7-4-8-12-20/h3-15H,16-17H2,1-2H3,(H,24,26). The molecule has 0 fully saturated rings. The Kier molecular flexibility index (Phi) is 7.31. The van der Waals surface area contributed by atoms with E-state index in [4.69, 9.17) is 0 Å². The molecule has 0 atom stereocenters. The van der Waals surface area contributed by atoms with Gasteiger partial charge in [-0.15, -0.1) is 11.8 Å². The van der Waals surface area contributed by atoms with Crippen molar-refractivity contribution in [2.24, 2.45) is 0 Å². The average molecular weight is 441 g/mol. The first-order valence-electron chi connectivity index (χ1n) is 9.44. The van der Waals surface area contributed by atoms with Crippen molar-refractivity contribution in [1.29, 1.82) is 0 Å². The van der Waals surface area contributed by atoms with Gasteiger partial charge in [-0.2, -0.15) is 4.31 Å². The molecule has 0 bridgehead atoms. The molecule has 3 rings (SSSR count). The van der Waals surface area contributed by atoms with E-state index in [9.17, 15) is 13.2 Å². The third kappa shape index (κ3) is 5.50. The minimum atomic E-state index is -3.81. The molecule has 0 radical (unpaired) electrons. The topological polar surface area (TPSA) is 66.5 Å². The highest BCUT2D eigenvalue weighted by atomic mass is 32.2. The fourth-order valence-electron chi connectivity index (χ4n) is 3.08. The summed E-state index contributed by atoms with van der Waals surface area (Å²) in [5, 5.41) is 2.73. The lowest BCUT2D eigenvalue weighted by atomic mass is 10.2. The van der Waals surface area contributed by atoms with Crippen LogP contribution in [-0.4, -0.2) is 24.9 Å². The predicted octanol–water partition coefficient (Wildman–Crippen LogP) is 4.76. The fourth-order valence-corrected chi connectivity index (χ4v) is 5.06. The lowest BCUT2D eigenvalue weighted by Crippen LogP contribution is -2.30. The van der Waals surface area contributed by atoms with E-state index in [2.05, 4.69) is 5.32 Å². The second-order valence-corrected chi connectivity index (χ2v) is 9.57. The number of sulfonamides is 1. The number of nitrogens with zero attached hydrogens (tertiary/aromatic N) is 1. The number of anilines is 1. The van der Waals surface area contributed by atoms with Gasteiger partial charge in [-0.25, -0.2) is 8.42 Å². The van der Waals surface area contributed by atoms with Gasteiger partial charge in [0.1, 0.15) is 0 Å². The van der Waals surface area contributed by atoms with E-state index in [1.165, 1.54) is 29.1 Å². The molecular weight excluding hydrogens is 416 g/mol. The van der Waals surface area contributed by atoms with E-state index < -0.39 is 10.0 Å². The average Bonchev–Trinajstić information content (AvgIpc) is 2.74. The second kappa shape index (κ2) is 9.93. The zero-order valence-corrected chi connectivity index (χ0v) is 18.5. The van der Waals surface area contributed by atoms with Gasteiger partial charge < -0.3 is 5.32 Å². The molecule has 3 aromatic carbocycles. The molecule has 156 valence electrons. The van der Waals surface area contributed by atoms with Crippen LogP contribution in [0.5, 0.6) is 0 Å². The normalized spacial score (nSPS) is 11.4. The minimum Gasteiger partial charge on any atom is -0.325 e. The summed E-state index contributed by atoms with van der Waals surface area (Å²) in [6, 6.07) is 23.9. The Balaban J connectivity index is 2.01. The van der Waals surface area contributed by atoms with Crippen LogP contribution < -0.4 is 5.32 Å². The molecule has 0 unspecified atom stereocenters. The predicted molar refractivity (Wildman–Crippen MR) is 122 cm³/mol. The maximum atomic E-state index is 13.6. The maximum Gasteiger partial charge on any atom is 0.243 e. The molecule has 0 spiro atoms. The van der Waals surface area contributed by atoms with Gasteiger partial charge in [0.25, 0.3) is 0 Å². The molecule has 7 heteroatoms. The number of rotatable bonds is 8. The molecule has 0 aromatic heterocycles. The Hall–Kier alpha value is -2.61. The molecule has 0 heterocycles. The van der Waals surface area contributed by atoms with Crippen LogP contribution in [-0.2, 0) is 27.9 Å². The molecule has 5 nitrogen and oxygen atoms in total. The van der Waals surface area contributed by atoms with Crippen molar-refractivity contribution in [2.45, 2.75) is 29.8 Å². The summed E-state index contributed by atoms with van der Waals surface area (Å²) in [7, 11) is -3.81. The quantitative estimate of drug-likeness (QED) is 0.513. The van der Waals surface area contributed by atoms with Crippen LogP contribution >= 0.6 is 11.8 Å². The zero-order valence-electron chi connectivity index (χ0n) is 16.9. The molecule has 0 aliphatic carbocycles. The molecule has 0 saturated carbocycles. The number of carbonyl (C=O) groups is 1. The number of hydrogen-bond acceptors (Lipinski definition) is 4. The molecular formula is C23H24N2O3S2. The summed E-state index contributed by atoms with van der Waals surface area (Å²) in [5.41, 5.74) is 2.30. The van der Waals surface area contributed by atoms with Gasteiger partial charge in [0.05, 0.1) is 10.6 Å². The number of hydrogen-bond donors (Lipinski definition) is 1. The summed E-state index contributed by atoms with van der Waals surface area (Å²) >= 11 is 1.45. The van der Waals surface area contributed by atoms with Gasteiger partial charge in [0.15, 0.2) is 0 Å². The number of nitrogens with one attached hydrogen (secondary N) is 1. The van der Waals surface area contributed by atoms with Gasteiger partial charge in [0, 0.05) is 24.9 Å². The van der Waals surface area contributed by atoms with E-state index in [-0.39, 0.29) is 23.9 Å².